The quantitative estimate of drug-likeness (QED) is 0.709. The largest absolute Gasteiger partial charge is 0.336 e. The first kappa shape index (κ1) is 16.5. The van der Waals surface area contributed by atoms with Gasteiger partial charge in [0.2, 0.25) is 5.95 Å². The molecule has 0 unspecified atom stereocenters. The van der Waals surface area contributed by atoms with Crippen molar-refractivity contribution in [2.24, 2.45) is 0 Å². The average molecular weight is 369 g/mol. The fraction of sp³-hybridized carbons (Fsp3) is 0.222. The molecule has 7 nitrogen and oxygen atoms in total. The van der Waals surface area contributed by atoms with E-state index >= 15 is 0 Å². The minimum Gasteiger partial charge on any atom is -0.336 e. The summed E-state index contributed by atoms with van der Waals surface area (Å²) in [4.78, 5) is 16.6. The Morgan fingerprint density at radius 2 is 1.62 bits per heavy atom. The van der Waals surface area contributed by atoms with Crippen LogP contribution in [0.25, 0.3) is 5.69 Å². The lowest BCUT2D eigenvalue weighted by Gasteiger charge is -2.35. The highest BCUT2D eigenvalue weighted by atomic mass is 35.5. The fourth-order valence-corrected chi connectivity index (χ4v) is 3.25. The van der Waals surface area contributed by atoms with Crippen LogP contribution >= 0.6 is 11.6 Å². The Balaban J connectivity index is 1.48. The second-order valence-electron chi connectivity index (χ2n) is 5.99. The lowest BCUT2D eigenvalue weighted by Crippen LogP contribution is -2.49. The number of aromatic nitrogens is 4. The van der Waals surface area contributed by atoms with E-state index in [4.69, 9.17) is 11.6 Å². The molecule has 0 aliphatic carbocycles. The molecule has 4 rings (SSSR count). The molecule has 2 aromatic carbocycles. The number of nitrogens with zero attached hydrogens (tertiary/aromatic N) is 6. The van der Waals surface area contributed by atoms with E-state index in [0.29, 0.717) is 42.7 Å². The second kappa shape index (κ2) is 7.13. The molecule has 132 valence electrons. The van der Waals surface area contributed by atoms with Gasteiger partial charge in [0.15, 0.2) is 0 Å². The summed E-state index contributed by atoms with van der Waals surface area (Å²) >= 11 is 6.15. The van der Waals surface area contributed by atoms with Crippen molar-refractivity contribution in [2.75, 3.05) is 31.1 Å². The number of piperazine rings is 1. The van der Waals surface area contributed by atoms with Crippen molar-refractivity contribution in [3.05, 3.63) is 65.2 Å². The van der Waals surface area contributed by atoms with Gasteiger partial charge in [-0.3, -0.25) is 4.79 Å². The molecule has 0 atom stereocenters. The van der Waals surface area contributed by atoms with Crippen LogP contribution in [-0.4, -0.2) is 57.2 Å². The molecule has 0 saturated carbocycles. The third-order valence-corrected chi connectivity index (χ3v) is 4.74. The molecule has 1 aliphatic rings. The number of hydrogen-bond acceptors (Lipinski definition) is 5. The van der Waals surface area contributed by atoms with Crippen LogP contribution in [0.2, 0.25) is 5.02 Å². The van der Waals surface area contributed by atoms with Crippen molar-refractivity contribution in [1.29, 1.82) is 0 Å². The minimum atomic E-state index is -0.0436. The third-order valence-electron chi connectivity index (χ3n) is 4.41. The van der Waals surface area contributed by atoms with Gasteiger partial charge < -0.3 is 9.80 Å². The SMILES string of the molecule is O=C(c1ccccc1Cl)N1CCN(c2nnnn2-c2ccccc2)CC1. The summed E-state index contributed by atoms with van der Waals surface area (Å²) in [5, 5.41) is 12.5. The predicted octanol–water partition coefficient (Wildman–Crippen LogP) is 2.28. The molecule has 1 aromatic heterocycles. The number of rotatable bonds is 3. The number of halogens is 1. The molecule has 1 saturated heterocycles. The van der Waals surface area contributed by atoms with Gasteiger partial charge >= 0.3 is 0 Å². The normalized spacial score (nSPS) is 14.5. The highest BCUT2D eigenvalue weighted by Gasteiger charge is 2.26. The molecular weight excluding hydrogens is 352 g/mol. The molecule has 0 bridgehead atoms. The van der Waals surface area contributed by atoms with Gasteiger partial charge in [0.1, 0.15) is 0 Å². The molecule has 0 spiro atoms. The van der Waals surface area contributed by atoms with Gasteiger partial charge in [0.05, 0.1) is 16.3 Å². The summed E-state index contributed by atoms with van der Waals surface area (Å²) < 4.78 is 1.71. The molecule has 0 N–H and O–H groups in total. The molecule has 2 heterocycles. The monoisotopic (exact) mass is 368 g/mol. The Hall–Kier alpha value is -2.93. The van der Waals surface area contributed by atoms with E-state index in [2.05, 4.69) is 20.4 Å². The van der Waals surface area contributed by atoms with E-state index in [0.717, 1.165) is 5.69 Å². The Morgan fingerprint density at radius 3 is 2.35 bits per heavy atom. The number of anilines is 1. The zero-order valence-electron chi connectivity index (χ0n) is 14.0. The lowest BCUT2D eigenvalue weighted by atomic mass is 10.2. The van der Waals surface area contributed by atoms with E-state index in [1.807, 2.05) is 47.4 Å². The Labute approximate surface area is 155 Å². The van der Waals surface area contributed by atoms with Gasteiger partial charge in [-0.05, 0) is 34.7 Å². The molecule has 1 amide bonds. The summed E-state index contributed by atoms with van der Waals surface area (Å²) in [6, 6.07) is 16.9. The van der Waals surface area contributed by atoms with Crippen LogP contribution in [0.4, 0.5) is 5.95 Å². The molecule has 1 fully saturated rings. The number of carbonyl (C=O) groups is 1. The van der Waals surface area contributed by atoms with Gasteiger partial charge in [-0.1, -0.05) is 47.0 Å². The highest BCUT2D eigenvalue weighted by Crippen LogP contribution is 2.20. The number of benzene rings is 2. The maximum absolute atomic E-state index is 12.7. The number of para-hydroxylation sites is 1. The third kappa shape index (κ3) is 3.13. The van der Waals surface area contributed by atoms with Crippen molar-refractivity contribution in [2.45, 2.75) is 0 Å². The van der Waals surface area contributed by atoms with E-state index < -0.39 is 0 Å². The van der Waals surface area contributed by atoms with Crippen molar-refractivity contribution < 1.29 is 4.79 Å². The molecule has 8 heteroatoms. The summed E-state index contributed by atoms with van der Waals surface area (Å²) in [5.41, 5.74) is 1.44. The highest BCUT2D eigenvalue weighted by molar-refractivity contribution is 6.33. The Bertz CT molecular complexity index is 905. The average Bonchev–Trinajstić information content (AvgIpc) is 3.18. The van der Waals surface area contributed by atoms with E-state index in [1.54, 1.807) is 16.8 Å². The summed E-state index contributed by atoms with van der Waals surface area (Å²) in [5.74, 6) is 0.638. The van der Waals surface area contributed by atoms with Crippen molar-refractivity contribution in [1.82, 2.24) is 25.1 Å². The zero-order valence-corrected chi connectivity index (χ0v) is 14.8. The van der Waals surface area contributed by atoms with Crippen molar-refractivity contribution in [3.8, 4) is 5.69 Å². The molecule has 26 heavy (non-hydrogen) atoms. The van der Waals surface area contributed by atoms with Crippen LogP contribution in [0, 0.1) is 0 Å². The van der Waals surface area contributed by atoms with E-state index in [-0.39, 0.29) is 5.91 Å². The number of carbonyl (C=O) groups excluding carboxylic acids is 1. The Kier molecular flexibility index (Phi) is 4.53. The first-order valence-corrected chi connectivity index (χ1v) is 8.74. The van der Waals surface area contributed by atoms with Crippen molar-refractivity contribution >= 4 is 23.5 Å². The van der Waals surface area contributed by atoms with Crippen LogP contribution in [0.15, 0.2) is 54.6 Å². The molecule has 3 aromatic rings. The topological polar surface area (TPSA) is 67.2 Å². The van der Waals surface area contributed by atoms with Gasteiger partial charge in [-0.2, -0.15) is 4.68 Å². The Morgan fingerprint density at radius 1 is 0.923 bits per heavy atom. The van der Waals surface area contributed by atoms with Crippen LogP contribution in [0.5, 0.6) is 0 Å². The van der Waals surface area contributed by atoms with Gasteiger partial charge in [0.25, 0.3) is 5.91 Å². The van der Waals surface area contributed by atoms with Crippen LogP contribution in [-0.2, 0) is 0 Å². The first-order chi connectivity index (χ1) is 12.7. The maximum Gasteiger partial charge on any atom is 0.255 e. The smallest absolute Gasteiger partial charge is 0.255 e. The summed E-state index contributed by atoms with van der Waals surface area (Å²) in [6.45, 7) is 2.49. The minimum absolute atomic E-state index is 0.0436. The van der Waals surface area contributed by atoms with Crippen LogP contribution in [0.3, 0.4) is 0 Å². The number of tetrazole rings is 1. The van der Waals surface area contributed by atoms with E-state index in [1.165, 1.54) is 0 Å². The predicted molar refractivity (Wildman–Crippen MR) is 98.7 cm³/mol. The van der Waals surface area contributed by atoms with E-state index in [9.17, 15) is 4.79 Å². The number of hydrogen-bond donors (Lipinski definition) is 0. The van der Waals surface area contributed by atoms with Crippen LogP contribution < -0.4 is 4.90 Å². The van der Waals surface area contributed by atoms with Crippen molar-refractivity contribution in [3.63, 3.8) is 0 Å². The van der Waals surface area contributed by atoms with Gasteiger partial charge in [0, 0.05) is 26.2 Å². The first-order valence-electron chi connectivity index (χ1n) is 8.36. The standard InChI is InChI=1S/C18H17ClN6O/c19-16-9-5-4-8-15(16)17(26)23-10-12-24(13-11-23)18-20-21-22-25(18)14-6-2-1-3-7-14/h1-9H,10-13H2. The number of amides is 1. The van der Waals surface area contributed by atoms with Gasteiger partial charge in [-0.15, -0.1) is 0 Å². The molecular formula is C18H17ClN6O. The zero-order chi connectivity index (χ0) is 17.9. The second-order valence-corrected chi connectivity index (χ2v) is 6.39. The molecule has 0 radical (unpaired) electrons. The van der Waals surface area contributed by atoms with Gasteiger partial charge in [-0.25, -0.2) is 0 Å². The fourth-order valence-electron chi connectivity index (χ4n) is 3.03. The summed E-state index contributed by atoms with van der Waals surface area (Å²) in [6.07, 6.45) is 0. The van der Waals surface area contributed by atoms with Crippen LogP contribution in [0.1, 0.15) is 10.4 Å². The lowest BCUT2D eigenvalue weighted by molar-refractivity contribution is 0.0746. The maximum atomic E-state index is 12.7. The summed E-state index contributed by atoms with van der Waals surface area (Å²) in [7, 11) is 0. The molecule has 1 aliphatic heterocycles.